The van der Waals surface area contributed by atoms with E-state index in [0.717, 1.165) is 0 Å². The van der Waals surface area contributed by atoms with E-state index in [1.54, 1.807) is 0 Å². The maximum absolute atomic E-state index is 13.2. The number of hydrogen-bond acceptors (Lipinski definition) is 2. The zero-order chi connectivity index (χ0) is 10.9. The minimum Gasteiger partial charge on any atom is -0.480 e. The van der Waals surface area contributed by atoms with Crippen molar-refractivity contribution in [2.75, 3.05) is 0 Å². The van der Waals surface area contributed by atoms with Crippen molar-refractivity contribution >= 4 is 33.5 Å². The molecule has 3 nitrogen and oxygen atoms in total. The lowest BCUT2D eigenvalue weighted by Gasteiger charge is -2.09. The fourth-order valence-corrected chi connectivity index (χ4v) is 1.64. The van der Waals surface area contributed by atoms with Crippen LogP contribution in [0.2, 0.25) is 5.02 Å². The highest BCUT2D eigenvalue weighted by Crippen LogP contribution is 2.29. The molecule has 1 rings (SSSR count). The number of carbonyl (C=O) groups is 1. The minimum absolute atomic E-state index is 0.0554. The molecule has 0 spiro atoms. The molecule has 0 amide bonds. The Bertz CT molecular complexity index is 386. The van der Waals surface area contributed by atoms with Gasteiger partial charge in [0.25, 0.3) is 0 Å². The van der Waals surface area contributed by atoms with Gasteiger partial charge in [-0.1, -0.05) is 17.7 Å². The number of hydrogen-bond donors (Lipinski definition) is 2. The van der Waals surface area contributed by atoms with E-state index < -0.39 is 17.8 Å². The van der Waals surface area contributed by atoms with Gasteiger partial charge in [-0.3, -0.25) is 4.79 Å². The van der Waals surface area contributed by atoms with Crippen LogP contribution in [-0.4, -0.2) is 11.1 Å². The van der Waals surface area contributed by atoms with Crippen molar-refractivity contribution in [1.29, 1.82) is 0 Å². The molecule has 1 unspecified atom stereocenters. The van der Waals surface area contributed by atoms with E-state index in [1.165, 1.54) is 12.1 Å². The molecule has 0 aliphatic carbocycles. The molecule has 0 aromatic heterocycles. The summed E-state index contributed by atoms with van der Waals surface area (Å²) in [7, 11) is 0. The molecule has 14 heavy (non-hydrogen) atoms. The third-order valence-electron chi connectivity index (χ3n) is 1.67. The first-order chi connectivity index (χ1) is 6.45. The number of halogens is 3. The Morgan fingerprint density at radius 3 is 2.71 bits per heavy atom. The Hall–Kier alpha value is -0.650. The number of nitrogens with two attached hydrogens (primary N) is 1. The van der Waals surface area contributed by atoms with Gasteiger partial charge in [0.2, 0.25) is 0 Å². The molecule has 0 heterocycles. The molecule has 1 aromatic rings. The van der Waals surface area contributed by atoms with E-state index in [1.807, 2.05) is 0 Å². The Morgan fingerprint density at radius 2 is 2.21 bits per heavy atom. The van der Waals surface area contributed by atoms with Crippen molar-refractivity contribution in [1.82, 2.24) is 0 Å². The summed E-state index contributed by atoms with van der Waals surface area (Å²) < 4.78 is 13.4. The molecule has 0 saturated carbocycles. The molecular weight excluding hydrogens is 276 g/mol. The van der Waals surface area contributed by atoms with Crippen molar-refractivity contribution in [2.24, 2.45) is 5.73 Å². The minimum atomic E-state index is -1.31. The SMILES string of the molecule is NC(C(=O)O)c1ccc(Br)c(F)c1Cl. The van der Waals surface area contributed by atoms with Crippen molar-refractivity contribution in [2.45, 2.75) is 6.04 Å². The first-order valence-corrected chi connectivity index (χ1v) is 4.74. The van der Waals surface area contributed by atoms with Crippen molar-refractivity contribution < 1.29 is 14.3 Å². The van der Waals surface area contributed by atoms with Crippen LogP contribution >= 0.6 is 27.5 Å². The van der Waals surface area contributed by atoms with E-state index in [4.69, 9.17) is 22.4 Å². The monoisotopic (exact) mass is 281 g/mol. The molecule has 1 atom stereocenters. The van der Waals surface area contributed by atoms with Gasteiger partial charge in [0, 0.05) is 5.56 Å². The highest BCUT2D eigenvalue weighted by Gasteiger charge is 2.20. The fourth-order valence-electron chi connectivity index (χ4n) is 0.914. The van der Waals surface area contributed by atoms with E-state index in [-0.39, 0.29) is 15.1 Å². The van der Waals surface area contributed by atoms with Crippen LogP contribution in [0.3, 0.4) is 0 Å². The van der Waals surface area contributed by atoms with Gasteiger partial charge >= 0.3 is 5.97 Å². The van der Waals surface area contributed by atoms with Gasteiger partial charge in [-0.25, -0.2) is 4.39 Å². The second-order valence-corrected chi connectivity index (χ2v) is 3.81. The molecule has 0 aliphatic heterocycles. The van der Waals surface area contributed by atoms with Gasteiger partial charge in [-0.2, -0.15) is 0 Å². The van der Waals surface area contributed by atoms with E-state index >= 15 is 0 Å². The summed E-state index contributed by atoms with van der Waals surface area (Å²) in [5, 5.41) is 8.33. The highest BCUT2D eigenvalue weighted by atomic mass is 79.9. The van der Waals surface area contributed by atoms with Crippen LogP contribution in [0.4, 0.5) is 4.39 Å². The standard InChI is InChI=1S/C8H6BrClFNO2/c9-4-2-1-3(5(10)6(4)11)7(12)8(13)14/h1-2,7H,12H2,(H,13,14). The summed E-state index contributed by atoms with van der Waals surface area (Å²) in [5.41, 5.74) is 5.35. The first-order valence-electron chi connectivity index (χ1n) is 3.57. The Labute approximate surface area is 92.8 Å². The van der Waals surface area contributed by atoms with Gasteiger partial charge in [0.1, 0.15) is 6.04 Å². The van der Waals surface area contributed by atoms with Crippen LogP contribution in [0.1, 0.15) is 11.6 Å². The smallest absolute Gasteiger partial charge is 0.325 e. The van der Waals surface area contributed by atoms with Crippen LogP contribution in [0.5, 0.6) is 0 Å². The van der Waals surface area contributed by atoms with Gasteiger partial charge in [0.15, 0.2) is 5.82 Å². The van der Waals surface area contributed by atoms with Gasteiger partial charge in [-0.15, -0.1) is 0 Å². The molecular formula is C8H6BrClFNO2. The molecule has 0 bridgehead atoms. The zero-order valence-electron chi connectivity index (χ0n) is 6.80. The lowest BCUT2D eigenvalue weighted by atomic mass is 10.1. The molecule has 0 saturated heterocycles. The summed E-state index contributed by atoms with van der Waals surface area (Å²) in [6.45, 7) is 0. The molecule has 0 fully saturated rings. The summed E-state index contributed by atoms with van der Waals surface area (Å²) in [4.78, 5) is 10.5. The van der Waals surface area contributed by atoms with Crippen LogP contribution in [-0.2, 0) is 4.79 Å². The van der Waals surface area contributed by atoms with E-state index in [0.29, 0.717) is 0 Å². The molecule has 3 N–H and O–H groups in total. The maximum Gasteiger partial charge on any atom is 0.325 e. The summed E-state index contributed by atoms with van der Waals surface area (Å²) >= 11 is 8.51. The Morgan fingerprint density at radius 1 is 1.64 bits per heavy atom. The largest absolute Gasteiger partial charge is 0.480 e. The maximum atomic E-state index is 13.2. The number of carboxylic acids is 1. The molecule has 1 aromatic carbocycles. The predicted octanol–water partition coefficient (Wildman–Crippen LogP) is 2.33. The molecule has 76 valence electrons. The second kappa shape index (κ2) is 4.25. The van der Waals surface area contributed by atoms with Crippen LogP contribution in [0.25, 0.3) is 0 Å². The number of carboxylic acid groups (broad SMARTS) is 1. The van der Waals surface area contributed by atoms with Crippen LogP contribution in [0.15, 0.2) is 16.6 Å². The Kier molecular flexibility index (Phi) is 3.47. The zero-order valence-corrected chi connectivity index (χ0v) is 9.14. The van der Waals surface area contributed by atoms with Gasteiger partial charge in [-0.05, 0) is 22.0 Å². The summed E-state index contributed by atoms with van der Waals surface area (Å²) in [5.74, 6) is -1.96. The predicted molar refractivity (Wildman–Crippen MR) is 53.7 cm³/mol. The second-order valence-electron chi connectivity index (χ2n) is 2.58. The number of benzene rings is 1. The number of aliphatic carboxylic acids is 1. The van der Waals surface area contributed by atoms with E-state index in [9.17, 15) is 9.18 Å². The van der Waals surface area contributed by atoms with Crippen molar-refractivity contribution in [3.05, 3.63) is 33.0 Å². The van der Waals surface area contributed by atoms with Crippen molar-refractivity contribution in [3.63, 3.8) is 0 Å². The highest BCUT2D eigenvalue weighted by molar-refractivity contribution is 9.10. The lowest BCUT2D eigenvalue weighted by Crippen LogP contribution is -2.21. The average molecular weight is 282 g/mol. The van der Waals surface area contributed by atoms with Crippen LogP contribution < -0.4 is 5.73 Å². The van der Waals surface area contributed by atoms with Crippen LogP contribution in [0, 0.1) is 5.82 Å². The van der Waals surface area contributed by atoms with Crippen molar-refractivity contribution in [3.8, 4) is 0 Å². The van der Waals surface area contributed by atoms with E-state index in [2.05, 4.69) is 15.9 Å². The number of rotatable bonds is 2. The Balaban J connectivity index is 3.24. The normalized spacial score (nSPS) is 12.6. The molecule has 6 heteroatoms. The topological polar surface area (TPSA) is 63.3 Å². The third kappa shape index (κ3) is 2.05. The lowest BCUT2D eigenvalue weighted by molar-refractivity contribution is -0.138. The summed E-state index contributed by atoms with van der Waals surface area (Å²) in [6.07, 6.45) is 0. The molecule has 0 radical (unpaired) electrons. The average Bonchev–Trinajstić information content (AvgIpc) is 2.13. The molecule has 0 aliphatic rings. The fraction of sp³-hybridized carbons (Fsp3) is 0.125. The van der Waals surface area contributed by atoms with Gasteiger partial charge in [0.05, 0.1) is 9.50 Å². The summed E-state index contributed by atoms with van der Waals surface area (Å²) in [6, 6.07) is 1.42. The van der Waals surface area contributed by atoms with Gasteiger partial charge < -0.3 is 10.8 Å². The first kappa shape index (κ1) is 11.4. The third-order valence-corrected chi connectivity index (χ3v) is 2.66. The quantitative estimate of drug-likeness (QED) is 0.818.